The van der Waals surface area contributed by atoms with Crippen molar-refractivity contribution in [2.75, 3.05) is 26.2 Å². The molecule has 1 amide bonds. The van der Waals surface area contributed by atoms with Gasteiger partial charge in [-0.1, -0.05) is 23.7 Å². The minimum Gasteiger partial charge on any atom is -0.503 e. The van der Waals surface area contributed by atoms with Crippen LogP contribution < -0.4 is 0 Å². The van der Waals surface area contributed by atoms with Gasteiger partial charge in [-0.05, 0) is 50.6 Å². The van der Waals surface area contributed by atoms with Crippen molar-refractivity contribution in [1.29, 1.82) is 0 Å². The maximum absolute atomic E-state index is 12.5. The minimum absolute atomic E-state index is 0.156. The van der Waals surface area contributed by atoms with Crippen molar-refractivity contribution < 1.29 is 14.7 Å². The number of hydrogen-bond donors (Lipinski definition) is 1. The van der Waals surface area contributed by atoms with Crippen LogP contribution in [0.25, 0.3) is 0 Å². The predicted molar refractivity (Wildman–Crippen MR) is 91.9 cm³/mol. The number of likely N-dealkylation sites (tertiary alicyclic amines) is 1. The van der Waals surface area contributed by atoms with E-state index in [0.29, 0.717) is 11.6 Å². The first-order valence-corrected chi connectivity index (χ1v) is 8.59. The van der Waals surface area contributed by atoms with E-state index in [-0.39, 0.29) is 11.4 Å². The van der Waals surface area contributed by atoms with Gasteiger partial charge in [0.15, 0.2) is 11.5 Å². The van der Waals surface area contributed by atoms with Gasteiger partial charge in [-0.2, -0.15) is 0 Å². The number of Topliss-reactive ketones (excluding diaryl/α,β-unsaturated/α-hetero) is 1. The molecule has 2 aliphatic rings. The van der Waals surface area contributed by atoms with Crippen LogP contribution >= 0.6 is 11.6 Å². The normalized spacial score (nSPS) is 21.8. The first-order chi connectivity index (χ1) is 11.5. The summed E-state index contributed by atoms with van der Waals surface area (Å²) in [4.78, 5) is 28.4. The van der Waals surface area contributed by atoms with Crippen LogP contribution in [0.3, 0.4) is 0 Å². The van der Waals surface area contributed by atoms with Gasteiger partial charge >= 0.3 is 0 Å². The number of aliphatic hydroxyl groups is 1. The summed E-state index contributed by atoms with van der Waals surface area (Å²) in [5, 5.41) is 10.7. The lowest BCUT2D eigenvalue weighted by Crippen LogP contribution is -2.37. The van der Waals surface area contributed by atoms with E-state index in [0.717, 1.165) is 25.2 Å². The van der Waals surface area contributed by atoms with E-state index in [1.54, 1.807) is 23.1 Å². The molecule has 0 aliphatic carbocycles. The van der Waals surface area contributed by atoms with Crippen LogP contribution in [-0.4, -0.2) is 52.8 Å². The van der Waals surface area contributed by atoms with Crippen molar-refractivity contribution in [3.05, 3.63) is 46.2 Å². The molecule has 1 aromatic rings. The Bertz CT molecular complexity index is 695. The van der Waals surface area contributed by atoms with Crippen molar-refractivity contribution in [3.63, 3.8) is 0 Å². The lowest BCUT2D eigenvalue weighted by molar-refractivity contribution is -0.129. The summed E-state index contributed by atoms with van der Waals surface area (Å²) in [5.41, 5.74) is 0.898. The molecule has 1 unspecified atom stereocenters. The number of halogens is 1. The van der Waals surface area contributed by atoms with Crippen LogP contribution in [0.4, 0.5) is 0 Å². The van der Waals surface area contributed by atoms with Gasteiger partial charge in [-0.3, -0.25) is 9.59 Å². The Morgan fingerprint density at radius 1 is 1.29 bits per heavy atom. The van der Waals surface area contributed by atoms with Crippen molar-refractivity contribution in [2.45, 2.75) is 25.8 Å². The number of carbonyl (C=O) groups is 2. The Morgan fingerprint density at radius 3 is 2.62 bits per heavy atom. The van der Waals surface area contributed by atoms with Crippen LogP contribution in [0.5, 0.6) is 0 Å². The average Bonchev–Trinajstić information content (AvgIpc) is 3.13. The molecule has 3 rings (SSSR count). The van der Waals surface area contributed by atoms with Gasteiger partial charge in [0.1, 0.15) is 0 Å². The molecule has 1 fully saturated rings. The third kappa shape index (κ3) is 3.19. The number of rotatable bonds is 5. The summed E-state index contributed by atoms with van der Waals surface area (Å²) >= 11 is 6.08. The van der Waals surface area contributed by atoms with E-state index in [2.05, 4.69) is 4.90 Å². The van der Waals surface area contributed by atoms with E-state index < -0.39 is 17.7 Å². The monoisotopic (exact) mass is 348 g/mol. The molecule has 24 heavy (non-hydrogen) atoms. The first-order valence-electron chi connectivity index (χ1n) is 8.22. The summed E-state index contributed by atoms with van der Waals surface area (Å²) < 4.78 is 0. The molecule has 2 aliphatic heterocycles. The first kappa shape index (κ1) is 17.0. The fourth-order valence-electron chi connectivity index (χ4n) is 3.52. The highest BCUT2D eigenvalue weighted by Crippen LogP contribution is 2.38. The molecule has 1 N–H and O–H groups in total. The van der Waals surface area contributed by atoms with Gasteiger partial charge in [-0.15, -0.1) is 0 Å². The van der Waals surface area contributed by atoms with Crippen LogP contribution in [0.1, 0.15) is 31.4 Å². The van der Waals surface area contributed by atoms with Crippen LogP contribution in [0, 0.1) is 0 Å². The van der Waals surface area contributed by atoms with Gasteiger partial charge in [0, 0.05) is 18.1 Å². The van der Waals surface area contributed by atoms with Crippen molar-refractivity contribution in [1.82, 2.24) is 9.80 Å². The highest BCUT2D eigenvalue weighted by Gasteiger charge is 2.42. The van der Waals surface area contributed by atoms with E-state index in [1.807, 2.05) is 6.07 Å². The lowest BCUT2D eigenvalue weighted by atomic mass is 9.97. The van der Waals surface area contributed by atoms with Gasteiger partial charge in [0.25, 0.3) is 5.91 Å². The van der Waals surface area contributed by atoms with Gasteiger partial charge in [0.2, 0.25) is 0 Å². The topological polar surface area (TPSA) is 60.9 Å². The summed E-state index contributed by atoms with van der Waals surface area (Å²) in [6, 6.07) is 6.52. The zero-order valence-corrected chi connectivity index (χ0v) is 14.4. The summed E-state index contributed by atoms with van der Waals surface area (Å²) in [6.07, 6.45) is 2.35. The van der Waals surface area contributed by atoms with Crippen molar-refractivity contribution in [3.8, 4) is 0 Å². The minimum atomic E-state index is -0.573. The zero-order valence-electron chi connectivity index (χ0n) is 13.7. The van der Waals surface area contributed by atoms with Crippen molar-refractivity contribution >= 4 is 23.3 Å². The number of nitrogens with zero attached hydrogens (tertiary/aromatic N) is 2. The second-order valence-corrected chi connectivity index (χ2v) is 6.76. The molecule has 2 heterocycles. The van der Waals surface area contributed by atoms with Gasteiger partial charge < -0.3 is 14.9 Å². The number of carbonyl (C=O) groups excluding carboxylic acids is 2. The Morgan fingerprint density at radius 2 is 2.00 bits per heavy atom. The number of hydrogen-bond acceptors (Lipinski definition) is 4. The van der Waals surface area contributed by atoms with E-state index in [9.17, 15) is 14.7 Å². The molecule has 1 atom stereocenters. The highest BCUT2D eigenvalue weighted by atomic mass is 35.5. The molecular weight excluding hydrogens is 328 g/mol. The van der Waals surface area contributed by atoms with Gasteiger partial charge in [-0.25, -0.2) is 0 Å². The molecule has 5 nitrogen and oxygen atoms in total. The van der Waals surface area contributed by atoms with E-state index in [1.165, 1.54) is 19.8 Å². The quantitative estimate of drug-likeness (QED) is 0.888. The fourth-order valence-corrected chi connectivity index (χ4v) is 3.72. The molecule has 0 bridgehead atoms. The Labute approximate surface area is 146 Å². The third-order valence-electron chi connectivity index (χ3n) is 4.70. The number of aliphatic hydroxyl groups excluding tert-OH is 1. The zero-order chi connectivity index (χ0) is 17.3. The highest BCUT2D eigenvalue weighted by molar-refractivity contribution is 6.30. The molecule has 0 saturated carbocycles. The second kappa shape index (κ2) is 6.95. The standard InChI is InChI=1S/C18H21ClN2O3/c1-12(22)15-16(13-5-4-6-14(19)11-13)21(18(24)17(15)23)10-9-20-7-2-3-8-20/h4-6,11,16,23H,2-3,7-10H2,1H3. The molecule has 1 aromatic carbocycles. The predicted octanol–water partition coefficient (Wildman–Crippen LogP) is 2.72. The fraction of sp³-hybridized carbons (Fsp3) is 0.444. The Kier molecular flexibility index (Phi) is 4.92. The summed E-state index contributed by atoms with van der Waals surface area (Å²) in [5.74, 6) is -1.22. The van der Waals surface area contributed by atoms with Gasteiger partial charge in [0.05, 0.1) is 11.6 Å². The maximum atomic E-state index is 12.5. The molecule has 0 aromatic heterocycles. The summed E-state index contributed by atoms with van der Waals surface area (Å²) in [7, 11) is 0. The largest absolute Gasteiger partial charge is 0.503 e. The Balaban J connectivity index is 1.90. The lowest BCUT2D eigenvalue weighted by Gasteiger charge is -2.28. The second-order valence-electron chi connectivity index (χ2n) is 6.32. The molecule has 0 radical (unpaired) electrons. The smallest absolute Gasteiger partial charge is 0.290 e. The molecule has 128 valence electrons. The number of amides is 1. The van der Waals surface area contributed by atoms with Crippen LogP contribution in [0.2, 0.25) is 5.02 Å². The Hall–Kier alpha value is -1.85. The molecule has 0 spiro atoms. The maximum Gasteiger partial charge on any atom is 0.290 e. The molecule has 6 heteroatoms. The average molecular weight is 349 g/mol. The van der Waals surface area contributed by atoms with E-state index in [4.69, 9.17) is 11.6 Å². The van der Waals surface area contributed by atoms with Crippen molar-refractivity contribution in [2.24, 2.45) is 0 Å². The van der Waals surface area contributed by atoms with E-state index >= 15 is 0 Å². The number of ketones is 1. The summed E-state index contributed by atoms with van der Waals surface area (Å²) in [6.45, 7) is 4.64. The number of benzene rings is 1. The van der Waals surface area contributed by atoms with Crippen LogP contribution in [-0.2, 0) is 9.59 Å². The third-order valence-corrected chi connectivity index (χ3v) is 4.94. The SMILES string of the molecule is CC(=O)C1=C(O)C(=O)N(CCN2CCCC2)C1c1cccc(Cl)c1. The molecular formula is C18H21ClN2O3. The molecule has 1 saturated heterocycles. The van der Waals surface area contributed by atoms with Crippen LogP contribution in [0.15, 0.2) is 35.6 Å².